The zero-order chi connectivity index (χ0) is 31.0. The number of likely N-dealkylation sites (tertiary alicyclic amines) is 1. The Morgan fingerprint density at radius 3 is 2.24 bits per heavy atom. The largest absolute Gasteiger partial charge is 0.457 e. The number of amides is 2. The first-order valence-electron chi connectivity index (χ1n) is 15.8. The average Bonchev–Trinajstić information content (AvgIpc) is 3.08. The number of para-hydroxylation sites is 1. The van der Waals surface area contributed by atoms with Crippen LogP contribution in [-0.2, 0) is 16.1 Å². The first-order chi connectivity index (χ1) is 22.0. The molecule has 2 aliphatic heterocycles. The highest BCUT2D eigenvalue weighted by Gasteiger charge is 2.39. The van der Waals surface area contributed by atoms with Crippen molar-refractivity contribution >= 4 is 17.4 Å². The number of benzene rings is 4. The van der Waals surface area contributed by atoms with Crippen LogP contribution in [-0.4, -0.2) is 41.8 Å². The molecule has 0 aliphatic carbocycles. The van der Waals surface area contributed by atoms with Crippen molar-refractivity contribution in [2.45, 2.75) is 51.3 Å². The highest BCUT2D eigenvalue weighted by Crippen LogP contribution is 2.42. The fourth-order valence-corrected chi connectivity index (χ4v) is 6.01. The Morgan fingerprint density at radius 2 is 1.51 bits per heavy atom. The number of nitrogens with one attached hydrogen (secondary N) is 2. The summed E-state index contributed by atoms with van der Waals surface area (Å²) < 4.78 is 19.1. The van der Waals surface area contributed by atoms with Gasteiger partial charge in [-0.1, -0.05) is 67.9 Å². The van der Waals surface area contributed by atoms with Crippen LogP contribution >= 0.6 is 0 Å². The molecule has 0 radical (unpaired) electrons. The van der Waals surface area contributed by atoms with Gasteiger partial charge in [-0.3, -0.25) is 0 Å². The van der Waals surface area contributed by atoms with E-state index in [0.717, 1.165) is 42.1 Å². The van der Waals surface area contributed by atoms with Gasteiger partial charge in [0, 0.05) is 29.4 Å². The standard InChI is InChI=1S/C37H41N3O5/c1-26-34(24-40-21-6-3-7-22-40)44-36(45-35(26)28-15-13-27(25-41)14-16-28)29-9-8-10-31(23-29)39-37(42)38-30-17-19-33(20-18-30)43-32-11-4-2-5-12-32/h2,4-5,8-20,23,26,34-36,41H,3,6-7,21-22,24-25H2,1H3,(H2,38,39,42)/t26-,34+,35+,36+/m1/s1. The molecule has 45 heavy (non-hydrogen) atoms. The van der Waals surface area contributed by atoms with E-state index in [-0.39, 0.29) is 30.8 Å². The predicted molar refractivity (Wildman–Crippen MR) is 175 cm³/mol. The molecule has 0 aromatic heterocycles. The molecule has 4 aromatic carbocycles. The lowest BCUT2D eigenvalue weighted by Crippen LogP contribution is -2.45. The predicted octanol–water partition coefficient (Wildman–Crippen LogP) is 7.89. The Morgan fingerprint density at radius 1 is 0.800 bits per heavy atom. The number of urea groups is 1. The number of carbonyl (C=O) groups excluding carboxylic acids is 1. The lowest BCUT2D eigenvalue weighted by Gasteiger charge is -2.43. The summed E-state index contributed by atoms with van der Waals surface area (Å²) in [5, 5.41) is 15.4. The average molecular weight is 608 g/mol. The molecule has 2 fully saturated rings. The molecule has 2 heterocycles. The molecular weight excluding hydrogens is 566 g/mol. The summed E-state index contributed by atoms with van der Waals surface area (Å²) in [6.45, 7) is 5.22. The van der Waals surface area contributed by atoms with E-state index in [1.807, 2.05) is 91.0 Å². The third-order valence-corrected chi connectivity index (χ3v) is 8.52. The summed E-state index contributed by atoms with van der Waals surface area (Å²) in [6.07, 6.45) is 2.91. The number of ether oxygens (including phenoxy) is 3. The molecule has 3 N–H and O–H groups in total. The molecule has 2 saturated heterocycles. The fraction of sp³-hybridized carbons (Fsp3) is 0.324. The smallest absolute Gasteiger partial charge is 0.323 e. The number of aliphatic hydroxyl groups excluding tert-OH is 1. The summed E-state index contributed by atoms with van der Waals surface area (Å²) in [6, 6.07) is 32.0. The number of hydrogen-bond donors (Lipinski definition) is 3. The number of piperidine rings is 1. The lowest BCUT2D eigenvalue weighted by molar-refractivity contribution is -0.276. The Labute approximate surface area is 264 Å². The summed E-state index contributed by atoms with van der Waals surface area (Å²) in [4.78, 5) is 15.4. The number of nitrogens with zero attached hydrogens (tertiary/aromatic N) is 1. The van der Waals surface area contributed by atoms with Crippen molar-refractivity contribution in [3.05, 3.63) is 120 Å². The number of carbonyl (C=O) groups is 1. The van der Waals surface area contributed by atoms with Crippen LogP contribution in [0.3, 0.4) is 0 Å². The minimum absolute atomic E-state index is 0.00598. The maximum absolute atomic E-state index is 12.9. The fourth-order valence-electron chi connectivity index (χ4n) is 6.01. The molecule has 0 bridgehead atoms. The van der Waals surface area contributed by atoms with E-state index in [0.29, 0.717) is 17.1 Å². The molecule has 8 nitrogen and oxygen atoms in total. The van der Waals surface area contributed by atoms with E-state index < -0.39 is 6.29 Å². The second-order valence-electron chi connectivity index (χ2n) is 11.8. The van der Waals surface area contributed by atoms with Crippen molar-refractivity contribution in [1.82, 2.24) is 4.90 Å². The van der Waals surface area contributed by atoms with Crippen molar-refractivity contribution in [1.29, 1.82) is 0 Å². The first kappa shape index (κ1) is 30.8. The third kappa shape index (κ3) is 8.09. The number of rotatable bonds is 9. The zero-order valence-electron chi connectivity index (χ0n) is 25.6. The monoisotopic (exact) mass is 607 g/mol. The normalized spacial score (nSPS) is 22.0. The van der Waals surface area contributed by atoms with Crippen LogP contribution in [0.5, 0.6) is 11.5 Å². The van der Waals surface area contributed by atoms with Gasteiger partial charge >= 0.3 is 6.03 Å². The van der Waals surface area contributed by atoms with E-state index in [1.54, 1.807) is 12.1 Å². The Bertz CT molecular complexity index is 1520. The van der Waals surface area contributed by atoms with Crippen molar-refractivity contribution < 1.29 is 24.1 Å². The molecule has 4 atom stereocenters. The van der Waals surface area contributed by atoms with Gasteiger partial charge in [0.15, 0.2) is 6.29 Å². The molecule has 0 saturated carbocycles. The zero-order valence-corrected chi connectivity index (χ0v) is 25.6. The SMILES string of the molecule is C[C@@H]1[C@H](CN2CCCCC2)O[C@H](c2cccc(NC(=O)Nc3ccc(Oc4ccccc4)cc3)c2)O[C@@H]1c1ccc(CO)cc1. The second kappa shape index (κ2) is 14.7. The third-order valence-electron chi connectivity index (χ3n) is 8.52. The number of anilines is 2. The maximum atomic E-state index is 12.9. The number of aliphatic hydroxyl groups is 1. The molecule has 4 aromatic rings. The van der Waals surface area contributed by atoms with Crippen molar-refractivity contribution in [3.8, 4) is 11.5 Å². The van der Waals surface area contributed by atoms with Crippen LogP contribution in [0, 0.1) is 5.92 Å². The van der Waals surface area contributed by atoms with E-state index in [1.165, 1.54) is 19.3 Å². The highest BCUT2D eigenvalue weighted by molar-refractivity contribution is 5.99. The molecule has 6 rings (SSSR count). The van der Waals surface area contributed by atoms with Crippen LogP contribution in [0.25, 0.3) is 0 Å². The van der Waals surface area contributed by atoms with E-state index in [9.17, 15) is 9.90 Å². The lowest BCUT2D eigenvalue weighted by atomic mass is 9.89. The van der Waals surface area contributed by atoms with Gasteiger partial charge in [-0.2, -0.15) is 0 Å². The van der Waals surface area contributed by atoms with Crippen LogP contribution in [0.4, 0.5) is 16.2 Å². The number of hydrogen-bond acceptors (Lipinski definition) is 6. The van der Waals surface area contributed by atoms with Gasteiger partial charge in [-0.05, 0) is 85.6 Å². The van der Waals surface area contributed by atoms with Gasteiger partial charge in [0.1, 0.15) is 11.5 Å². The minimum atomic E-state index is -0.597. The van der Waals surface area contributed by atoms with Crippen LogP contribution in [0.2, 0.25) is 0 Å². The molecule has 8 heteroatoms. The van der Waals surface area contributed by atoms with Gasteiger partial charge in [-0.15, -0.1) is 0 Å². The van der Waals surface area contributed by atoms with Crippen molar-refractivity contribution in [2.24, 2.45) is 5.92 Å². The Kier molecular flexibility index (Phi) is 10.1. The van der Waals surface area contributed by atoms with Crippen LogP contribution in [0.15, 0.2) is 103 Å². The first-order valence-corrected chi connectivity index (χ1v) is 15.8. The van der Waals surface area contributed by atoms with Gasteiger partial charge in [0.05, 0.1) is 18.8 Å². The van der Waals surface area contributed by atoms with E-state index in [2.05, 4.69) is 22.5 Å². The highest BCUT2D eigenvalue weighted by atomic mass is 16.7. The summed E-state index contributed by atoms with van der Waals surface area (Å²) >= 11 is 0. The Hall–Kier alpha value is -4.21. The summed E-state index contributed by atoms with van der Waals surface area (Å²) in [5.74, 6) is 1.56. The van der Waals surface area contributed by atoms with Gasteiger partial charge in [-0.25, -0.2) is 4.79 Å². The quantitative estimate of drug-likeness (QED) is 0.179. The molecule has 2 aliphatic rings. The van der Waals surface area contributed by atoms with Crippen LogP contribution < -0.4 is 15.4 Å². The summed E-state index contributed by atoms with van der Waals surface area (Å²) in [7, 11) is 0. The molecule has 234 valence electrons. The van der Waals surface area contributed by atoms with Gasteiger partial charge < -0.3 is 34.9 Å². The minimum Gasteiger partial charge on any atom is -0.457 e. The van der Waals surface area contributed by atoms with E-state index >= 15 is 0 Å². The topological polar surface area (TPSA) is 92.3 Å². The summed E-state index contributed by atoms with van der Waals surface area (Å²) in [5.41, 5.74) is 4.05. The van der Waals surface area contributed by atoms with Crippen molar-refractivity contribution in [2.75, 3.05) is 30.3 Å². The van der Waals surface area contributed by atoms with Gasteiger partial charge in [0.2, 0.25) is 0 Å². The Balaban J connectivity index is 1.13. The van der Waals surface area contributed by atoms with E-state index in [4.69, 9.17) is 14.2 Å². The van der Waals surface area contributed by atoms with Gasteiger partial charge in [0.25, 0.3) is 0 Å². The van der Waals surface area contributed by atoms with Crippen molar-refractivity contribution in [3.63, 3.8) is 0 Å². The molecule has 0 spiro atoms. The second-order valence-corrected chi connectivity index (χ2v) is 11.8. The van der Waals surface area contributed by atoms with Crippen LogP contribution in [0.1, 0.15) is 55.3 Å². The molecular formula is C37H41N3O5. The maximum Gasteiger partial charge on any atom is 0.323 e. The molecule has 0 unspecified atom stereocenters. The molecule has 2 amide bonds.